The standard InChI is InChI=1S/C20H34BFO4/c1-17(23)24-16-11-9-7-6-8-10-13-18(22)14-12-15-21-25-19(2,3)20(4,5)26-21/h12,14-15H,6-11,13,16H2,1-5H3/b15-12+,18-14+. The van der Waals surface area contributed by atoms with Gasteiger partial charge in [0.2, 0.25) is 0 Å². The molecule has 1 aliphatic rings. The molecule has 0 N–H and O–H groups in total. The summed E-state index contributed by atoms with van der Waals surface area (Å²) in [6, 6.07) is 0. The van der Waals surface area contributed by atoms with Crippen molar-refractivity contribution in [1.82, 2.24) is 0 Å². The molecule has 0 aromatic rings. The Morgan fingerprint density at radius 3 is 2.12 bits per heavy atom. The predicted octanol–water partition coefficient (Wildman–Crippen LogP) is 5.32. The van der Waals surface area contributed by atoms with Gasteiger partial charge in [-0.3, -0.25) is 4.79 Å². The van der Waals surface area contributed by atoms with Crippen LogP contribution < -0.4 is 0 Å². The van der Waals surface area contributed by atoms with Crippen LogP contribution in [0.3, 0.4) is 0 Å². The first-order valence-corrected chi connectivity index (χ1v) is 9.66. The minimum atomic E-state index is -0.434. The fourth-order valence-corrected chi connectivity index (χ4v) is 2.62. The fourth-order valence-electron chi connectivity index (χ4n) is 2.62. The van der Waals surface area contributed by atoms with Gasteiger partial charge >= 0.3 is 13.1 Å². The molecule has 0 aromatic heterocycles. The molecule has 0 aromatic carbocycles. The molecule has 4 nitrogen and oxygen atoms in total. The zero-order chi connectivity index (χ0) is 19.6. The maximum absolute atomic E-state index is 13.8. The largest absolute Gasteiger partial charge is 0.487 e. The van der Waals surface area contributed by atoms with Gasteiger partial charge in [0.25, 0.3) is 0 Å². The Kier molecular flexibility index (Phi) is 9.58. The van der Waals surface area contributed by atoms with Gasteiger partial charge < -0.3 is 14.0 Å². The maximum Gasteiger partial charge on any atom is 0.487 e. The summed E-state index contributed by atoms with van der Waals surface area (Å²) in [5.41, 5.74) is -0.745. The molecule has 0 radical (unpaired) electrons. The van der Waals surface area contributed by atoms with Crippen molar-refractivity contribution in [3.05, 3.63) is 24.0 Å². The lowest BCUT2D eigenvalue weighted by atomic mass is 9.90. The van der Waals surface area contributed by atoms with Crippen molar-refractivity contribution in [3.8, 4) is 0 Å². The molecule has 1 saturated heterocycles. The van der Waals surface area contributed by atoms with E-state index in [0.717, 1.165) is 38.5 Å². The van der Waals surface area contributed by atoms with Crippen LogP contribution in [0.1, 0.15) is 79.6 Å². The third-order valence-corrected chi connectivity index (χ3v) is 4.93. The summed E-state index contributed by atoms with van der Waals surface area (Å²) in [6.07, 6.45) is 9.59. The van der Waals surface area contributed by atoms with Crippen LogP contribution in [0.25, 0.3) is 0 Å². The highest BCUT2D eigenvalue weighted by molar-refractivity contribution is 6.51. The van der Waals surface area contributed by atoms with E-state index in [0.29, 0.717) is 13.0 Å². The number of unbranched alkanes of at least 4 members (excludes halogenated alkanes) is 5. The van der Waals surface area contributed by atoms with Crippen molar-refractivity contribution in [2.24, 2.45) is 0 Å². The first kappa shape index (κ1) is 22.9. The summed E-state index contributed by atoms with van der Waals surface area (Å²) in [4.78, 5) is 10.6. The molecule has 6 heteroatoms. The second-order valence-electron chi connectivity index (χ2n) is 7.83. The van der Waals surface area contributed by atoms with Gasteiger partial charge in [0.15, 0.2) is 0 Å². The average Bonchev–Trinajstić information content (AvgIpc) is 2.72. The quantitative estimate of drug-likeness (QED) is 0.214. The number of halogens is 1. The lowest BCUT2D eigenvalue weighted by molar-refractivity contribution is -0.141. The normalized spacial score (nSPS) is 19.3. The first-order valence-electron chi connectivity index (χ1n) is 9.66. The number of carbonyl (C=O) groups is 1. The third-order valence-electron chi connectivity index (χ3n) is 4.93. The van der Waals surface area contributed by atoms with Crippen molar-refractivity contribution in [2.75, 3.05) is 6.61 Å². The van der Waals surface area contributed by atoms with Gasteiger partial charge in [-0.25, -0.2) is 4.39 Å². The molecule has 0 saturated carbocycles. The summed E-state index contributed by atoms with van der Waals surface area (Å²) >= 11 is 0. The Hall–Kier alpha value is -1.14. The van der Waals surface area contributed by atoms with E-state index in [-0.39, 0.29) is 23.0 Å². The highest BCUT2D eigenvalue weighted by Crippen LogP contribution is 2.36. The van der Waals surface area contributed by atoms with Gasteiger partial charge in [0, 0.05) is 6.92 Å². The number of rotatable bonds is 11. The van der Waals surface area contributed by atoms with Crippen LogP contribution in [-0.4, -0.2) is 30.9 Å². The summed E-state index contributed by atoms with van der Waals surface area (Å²) in [6.45, 7) is 9.90. The third kappa shape index (κ3) is 8.50. The maximum atomic E-state index is 13.8. The van der Waals surface area contributed by atoms with Gasteiger partial charge in [-0.1, -0.05) is 37.7 Å². The highest BCUT2D eigenvalue weighted by atomic mass is 19.1. The molecule has 1 heterocycles. The van der Waals surface area contributed by atoms with E-state index in [2.05, 4.69) is 0 Å². The monoisotopic (exact) mass is 368 g/mol. The number of esters is 1. The van der Waals surface area contributed by atoms with Crippen LogP contribution in [-0.2, 0) is 18.8 Å². The van der Waals surface area contributed by atoms with E-state index in [1.807, 2.05) is 27.7 Å². The molecule has 26 heavy (non-hydrogen) atoms. The van der Waals surface area contributed by atoms with Gasteiger partial charge in [-0.2, -0.15) is 0 Å². The molecule has 1 aliphatic heterocycles. The number of hydrogen-bond acceptors (Lipinski definition) is 4. The minimum absolute atomic E-state index is 0.118. The lowest BCUT2D eigenvalue weighted by Gasteiger charge is -2.32. The van der Waals surface area contributed by atoms with Crippen molar-refractivity contribution < 1.29 is 23.2 Å². The highest BCUT2D eigenvalue weighted by Gasteiger charge is 2.49. The molecule has 0 atom stereocenters. The van der Waals surface area contributed by atoms with E-state index in [1.165, 1.54) is 13.0 Å². The molecular formula is C20H34BFO4. The number of carbonyl (C=O) groups excluding carboxylic acids is 1. The zero-order valence-corrected chi connectivity index (χ0v) is 17.0. The Bertz CT molecular complexity index is 484. The second-order valence-corrected chi connectivity index (χ2v) is 7.83. The average molecular weight is 368 g/mol. The first-order chi connectivity index (χ1) is 12.1. The lowest BCUT2D eigenvalue weighted by Crippen LogP contribution is -2.41. The van der Waals surface area contributed by atoms with Gasteiger partial charge in [0.05, 0.1) is 23.6 Å². The Labute approximate surface area is 158 Å². The van der Waals surface area contributed by atoms with Crippen LogP contribution in [0.15, 0.2) is 24.0 Å². The number of ether oxygens (including phenoxy) is 1. The van der Waals surface area contributed by atoms with Gasteiger partial charge in [0.1, 0.15) is 0 Å². The molecular weight excluding hydrogens is 334 g/mol. The van der Waals surface area contributed by atoms with Crippen molar-refractivity contribution in [1.29, 1.82) is 0 Å². The molecule has 148 valence electrons. The number of hydrogen-bond donors (Lipinski definition) is 0. The van der Waals surface area contributed by atoms with Gasteiger partial charge in [-0.15, -0.1) is 0 Å². The summed E-state index contributed by atoms with van der Waals surface area (Å²) in [5, 5.41) is 0. The topological polar surface area (TPSA) is 44.8 Å². The van der Waals surface area contributed by atoms with Crippen LogP contribution in [0.2, 0.25) is 0 Å². The molecule has 0 aliphatic carbocycles. The van der Waals surface area contributed by atoms with Crippen LogP contribution in [0, 0.1) is 0 Å². The smallest absolute Gasteiger partial charge is 0.466 e. The minimum Gasteiger partial charge on any atom is -0.466 e. The summed E-state index contributed by atoms with van der Waals surface area (Å²) in [5.74, 6) is 1.41. The molecule has 0 spiro atoms. The van der Waals surface area contributed by atoms with Crippen molar-refractivity contribution >= 4 is 13.1 Å². The SMILES string of the molecule is CC(=O)OCCCCCCCC/C(F)=C\C=C\B1OC(C)(C)C(C)(C)O1. The Morgan fingerprint density at radius 1 is 1.00 bits per heavy atom. The predicted molar refractivity (Wildman–Crippen MR) is 103 cm³/mol. The van der Waals surface area contributed by atoms with Crippen molar-refractivity contribution in [2.45, 2.75) is 90.8 Å². The van der Waals surface area contributed by atoms with Crippen LogP contribution >= 0.6 is 0 Å². The molecule has 0 bridgehead atoms. The molecule has 0 amide bonds. The van der Waals surface area contributed by atoms with Crippen LogP contribution in [0.5, 0.6) is 0 Å². The Balaban J connectivity index is 2.11. The summed E-state index contributed by atoms with van der Waals surface area (Å²) in [7, 11) is -0.434. The van der Waals surface area contributed by atoms with Crippen LogP contribution in [0.4, 0.5) is 4.39 Å². The van der Waals surface area contributed by atoms with E-state index < -0.39 is 7.12 Å². The second kappa shape index (κ2) is 10.9. The Morgan fingerprint density at radius 2 is 1.54 bits per heavy atom. The summed E-state index contributed by atoms with van der Waals surface area (Å²) < 4.78 is 30.3. The molecule has 0 unspecified atom stereocenters. The number of allylic oxidation sites excluding steroid dienone is 3. The van der Waals surface area contributed by atoms with Gasteiger partial charge in [-0.05, 0) is 53.0 Å². The molecule has 1 fully saturated rings. The zero-order valence-electron chi connectivity index (χ0n) is 17.0. The van der Waals surface area contributed by atoms with E-state index >= 15 is 0 Å². The van der Waals surface area contributed by atoms with E-state index in [1.54, 1.807) is 12.1 Å². The van der Waals surface area contributed by atoms with Crippen molar-refractivity contribution in [3.63, 3.8) is 0 Å². The van der Waals surface area contributed by atoms with E-state index in [4.69, 9.17) is 14.0 Å². The molecule has 1 rings (SSSR count). The fraction of sp³-hybridized carbons (Fsp3) is 0.750. The van der Waals surface area contributed by atoms with E-state index in [9.17, 15) is 9.18 Å².